The van der Waals surface area contributed by atoms with E-state index >= 15 is 0 Å². The first kappa shape index (κ1) is 20.4. The summed E-state index contributed by atoms with van der Waals surface area (Å²) in [5.41, 5.74) is 2.77. The Morgan fingerprint density at radius 3 is 2.81 bits per heavy atom. The van der Waals surface area contributed by atoms with Crippen molar-refractivity contribution in [1.29, 1.82) is 0 Å². The third-order valence-corrected chi connectivity index (χ3v) is 7.10. The summed E-state index contributed by atoms with van der Waals surface area (Å²) in [5.74, 6) is 1.11. The molecule has 1 saturated heterocycles. The van der Waals surface area contributed by atoms with Crippen molar-refractivity contribution in [2.24, 2.45) is 5.92 Å². The molecule has 4 heterocycles. The van der Waals surface area contributed by atoms with E-state index < -0.39 is 0 Å². The predicted octanol–water partition coefficient (Wildman–Crippen LogP) is 2.97. The van der Waals surface area contributed by atoms with Gasteiger partial charge in [-0.05, 0) is 37.3 Å². The third-order valence-electron chi connectivity index (χ3n) is 7.10. The Bertz CT molecular complexity index is 983. The Morgan fingerprint density at radius 2 is 2.00 bits per heavy atom. The zero-order chi connectivity index (χ0) is 21.2. The van der Waals surface area contributed by atoms with E-state index in [9.17, 15) is 9.59 Å². The number of likely N-dealkylation sites (tertiary alicyclic amines) is 1. The van der Waals surface area contributed by atoms with Gasteiger partial charge < -0.3 is 9.88 Å². The van der Waals surface area contributed by atoms with E-state index in [4.69, 9.17) is 4.98 Å². The standard InChI is InChI=1S/C24H31N5O2/c30-23-19-16-28(15-17-6-4-11-25-14-17)13-10-20(19)26-22(27-23)21-9-5-12-29(21)24(31)18-7-2-1-3-8-18/h4,6,11,14,18,21H,1-3,5,7-10,12-13,15-16H2,(H,26,27,30)/t21-/m1/s1. The van der Waals surface area contributed by atoms with Crippen LogP contribution in [0.4, 0.5) is 0 Å². The number of nitrogens with one attached hydrogen (secondary N) is 1. The van der Waals surface area contributed by atoms with Gasteiger partial charge in [-0.3, -0.25) is 19.5 Å². The number of carbonyl (C=O) groups excluding carboxylic acids is 1. The summed E-state index contributed by atoms with van der Waals surface area (Å²) in [6, 6.07) is 3.92. The maximum absolute atomic E-state index is 13.2. The van der Waals surface area contributed by atoms with E-state index in [1.54, 1.807) is 6.20 Å². The molecule has 7 nitrogen and oxygen atoms in total. The normalized spacial score (nSPS) is 22.5. The highest BCUT2D eigenvalue weighted by molar-refractivity contribution is 5.79. The van der Waals surface area contributed by atoms with Gasteiger partial charge in [0.05, 0.1) is 17.3 Å². The van der Waals surface area contributed by atoms with Crippen LogP contribution in [0.1, 0.15) is 73.6 Å². The van der Waals surface area contributed by atoms with Gasteiger partial charge >= 0.3 is 0 Å². The highest BCUT2D eigenvalue weighted by atomic mass is 16.2. The van der Waals surface area contributed by atoms with E-state index in [-0.39, 0.29) is 23.4 Å². The molecule has 1 amide bonds. The van der Waals surface area contributed by atoms with Crippen molar-refractivity contribution < 1.29 is 4.79 Å². The summed E-state index contributed by atoms with van der Waals surface area (Å²) in [5, 5.41) is 0. The number of aromatic amines is 1. The summed E-state index contributed by atoms with van der Waals surface area (Å²) in [6.07, 6.45) is 11.8. The first-order chi connectivity index (χ1) is 15.2. The summed E-state index contributed by atoms with van der Waals surface area (Å²) >= 11 is 0. The molecule has 0 spiro atoms. The van der Waals surface area contributed by atoms with Crippen LogP contribution < -0.4 is 5.56 Å². The summed E-state index contributed by atoms with van der Waals surface area (Å²) in [6.45, 7) is 3.02. The predicted molar refractivity (Wildman–Crippen MR) is 117 cm³/mol. The zero-order valence-electron chi connectivity index (χ0n) is 18.1. The summed E-state index contributed by atoms with van der Waals surface area (Å²) in [7, 11) is 0. The lowest BCUT2D eigenvalue weighted by Crippen LogP contribution is -2.39. The molecule has 5 rings (SSSR count). The van der Waals surface area contributed by atoms with Crippen LogP contribution in [0.25, 0.3) is 0 Å². The van der Waals surface area contributed by atoms with Crippen molar-refractivity contribution in [3.63, 3.8) is 0 Å². The van der Waals surface area contributed by atoms with Crippen molar-refractivity contribution in [3.05, 3.63) is 57.5 Å². The van der Waals surface area contributed by atoms with Gasteiger partial charge in [-0.15, -0.1) is 0 Å². The second kappa shape index (κ2) is 8.91. The monoisotopic (exact) mass is 421 g/mol. The van der Waals surface area contributed by atoms with Gasteiger partial charge in [-0.25, -0.2) is 4.98 Å². The fourth-order valence-corrected chi connectivity index (χ4v) is 5.44. The molecule has 2 aromatic rings. The topological polar surface area (TPSA) is 82.2 Å². The number of fused-ring (bicyclic) bond motifs is 1. The molecule has 164 valence electrons. The van der Waals surface area contributed by atoms with Crippen LogP contribution in [0.5, 0.6) is 0 Å². The molecule has 31 heavy (non-hydrogen) atoms. The number of nitrogens with zero attached hydrogens (tertiary/aromatic N) is 4. The highest BCUT2D eigenvalue weighted by Gasteiger charge is 2.36. The van der Waals surface area contributed by atoms with Gasteiger partial charge in [0, 0.05) is 50.9 Å². The molecule has 2 aliphatic heterocycles. The van der Waals surface area contributed by atoms with Gasteiger partial charge in [0.15, 0.2) is 0 Å². The number of hydrogen-bond acceptors (Lipinski definition) is 5. The van der Waals surface area contributed by atoms with Crippen LogP contribution >= 0.6 is 0 Å². The van der Waals surface area contributed by atoms with E-state index in [0.29, 0.717) is 12.4 Å². The molecule has 1 aliphatic carbocycles. The van der Waals surface area contributed by atoms with Gasteiger partial charge in [0.1, 0.15) is 5.82 Å². The molecule has 1 atom stereocenters. The average molecular weight is 422 g/mol. The quantitative estimate of drug-likeness (QED) is 0.821. The van der Waals surface area contributed by atoms with Crippen molar-refractivity contribution in [3.8, 4) is 0 Å². The molecule has 1 N–H and O–H groups in total. The molecule has 0 bridgehead atoms. The maximum atomic E-state index is 13.2. The molecular weight excluding hydrogens is 390 g/mol. The number of hydrogen-bond donors (Lipinski definition) is 1. The first-order valence-electron chi connectivity index (χ1n) is 11.7. The first-order valence-corrected chi connectivity index (χ1v) is 11.7. The minimum atomic E-state index is -0.0825. The van der Waals surface area contributed by atoms with Crippen molar-refractivity contribution >= 4 is 5.91 Å². The van der Waals surface area contributed by atoms with E-state index in [1.807, 2.05) is 17.2 Å². The fraction of sp³-hybridized carbons (Fsp3) is 0.583. The Labute approximate surface area is 182 Å². The Morgan fingerprint density at radius 1 is 1.13 bits per heavy atom. The molecule has 0 unspecified atom stereocenters. The van der Waals surface area contributed by atoms with Crippen LogP contribution in [0.2, 0.25) is 0 Å². The largest absolute Gasteiger partial charge is 0.332 e. The zero-order valence-corrected chi connectivity index (χ0v) is 18.1. The van der Waals surface area contributed by atoms with Crippen LogP contribution in [-0.2, 0) is 24.3 Å². The lowest BCUT2D eigenvalue weighted by atomic mass is 9.88. The number of rotatable bonds is 4. The maximum Gasteiger partial charge on any atom is 0.255 e. The molecule has 3 aliphatic rings. The number of carbonyl (C=O) groups is 1. The van der Waals surface area contributed by atoms with E-state index in [0.717, 1.165) is 81.4 Å². The number of amides is 1. The molecule has 7 heteroatoms. The Hall–Kier alpha value is -2.54. The van der Waals surface area contributed by atoms with Gasteiger partial charge in [0.2, 0.25) is 5.91 Å². The van der Waals surface area contributed by atoms with Crippen LogP contribution in [0.3, 0.4) is 0 Å². The lowest BCUT2D eigenvalue weighted by molar-refractivity contribution is -0.137. The second-order valence-corrected chi connectivity index (χ2v) is 9.22. The second-order valence-electron chi connectivity index (χ2n) is 9.22. The molecular formula is C24H31N5O2. The van der Waals surface area contributed by atoms with Crippen molar-refractivity contribution in [2.45, 2.75) is 70.5 Å². The highest BCUT2D eigenvalue weighted by Crippen LogP contribution is 2.34. The Kier molecular flexibility index (Phi) is 5.85. The summed E-state index contributed by atoms with van der Waals surface area (Å²) in [4.78, 5) is 42.5. The molecule has 0 aromatic carbocycles. The van der Waals surface area contributed by atoms with E-state index in [2.05, 4.69) is 20.9 Å². The van der Waals surface area contributed by atoms with Crippen molar-refractivity contribution in [1.82, 2.24) is 24.8 Å². The lowest BCUT2D eigenvalue weighted by Gasteiger charge is -2.31. The minimum Gasteiger partial charge on any atom is -0.332 e. The van der Waals surface area contributed by atoms with Crippen LogP contribution in [-0.4, -0.2) is 43.7 Å². The van der Waals surface area contributed by atoms with Crippen LogP contribution in [0, 0.1) is 5.92 Å². The van der Waals surface area contributed by atoms with Gasteiger partial charge in [-0.2, -0.15) is 0 Å². The number of H-pyrrole nitrogens is 1. The smallest absolute Gasteiger partial charge is 0.255 e. The minimum absolute atomic E-state index is 0.0483. The van der Waals surface area contributed by atoms with Crippen molar-refractivity contribution in [2.75, 3.05) is 13.1 Å². The van der Waals surface area contributed by atoms with Gasteiger partial charge in [-0.1, -0.05) is 25.3 Å². The molecule has 0 radical (unpaired) electrons. The van der Waals surface area contributed by atoms with E-state index in [1.165, 1.54) is 6.42 Å². The average Bonchev–Trinajstić information content (AvgIpc) is 3.30. The molecule has 2 aromatic heterocycles. The summed E-state index contributed by atoms with van der Waals surface area (Å²) < 4.78 is 0. The number of aromatic nitrogens is 3. The fourth-order valence-electron chi connectivity index (χ4n) is 5.44. The SMILES string of the molecule is O=C(C1CCCCC1)N1CCC[C@@H]1c1nc2c(c(=O)[nH]1)CN(Cc1cccnc1)CC2. The molecule has 1 saturated carbocycles. The van der Waals surface area contributed by atoms with Gasteiger partial charge in [0.25, 0.3) is 5.56 Å². The number of pyridine rings is 1. The molecule has 2 fully saturated rings. The Balaban J connectivity index is 1.33. The van der Waals surface area contributed by atoms with Crippen LogP contribution in [0.15, 0.2) is 29.3 Å². The third kappa shape index (κ3) is 4.28.